The number of rotatable bonds is 2. The largest absolute Gasteiger partial charge is 0.384 e. The summed E-state index contributed by atoms with van der Waals surface area (Å²) in [6.45, 7) is 0. The van der Waals surface area contributed by atoms with Crippen LogP contribution in [-0.2, 0) is 0 Å². The molecule has 0 aromatic heterocycles. The van der Waals surface area contributed by atoms with Crippen molar-refractivity contribution in [3.05, 3.63) is 34.7 Å². The standard InChI is InChI=1S/C7H7N3O/c8-7(9)5-1-3-6(10-11)4-2-5/h1-4H,(H3,8,9). The Labute approximate surface area is 63.5 Å². The van der Waals surface area contributed by atoms with Crippen LogP contribution in [0.15, 0.2) is 29.4 Å². The number of amidine groups is 1. The molecule has 0 aliphatic carbocycles. The van der Waals surface area contributed by atoms with Gasteiger partial charge in [0, 0.05) is 5.56 Å². The van der Waals surface area contributed by atoms with E-state index in [0.29, 0.717) is 11.3 Å². The van der Waals surface area contributed by atoms with Crippen LogP contribution in [0.25, 0.3) is 0 Å². The first-order valence-electron chi connectivity index (χ1n) is 3.02. The van der Waals surface area contributed by atoms with Crippen molar-refractivity contribution < 1.29 is 0 Å². The molecule has 1 rings (SSSR count). The third kappa shape index (κ3) is 1.61. The number of nitrogen functional groups attached to an aromatic ring is 1. The van der Waals surface area contributed by atoms with E-state index in [4.69, 9.17) is 11.1 Å². The third-order valence-corrected chi connectivity index (χ3v) is 1.28. The van der Waals surface area contributed by atoms with Crippen molar-refractivity contribution in [2.75, 3.05) is 0 Å². The van der Waals surface area contributed by atoms with Crippen molar-refractivity contribution in [2.45, 2.75) is 0 Å². The zero-order chi connectivity index (χ0) is 8.27. The fourth-order valence-electron chi connectivity index (χ4n) is 0.702. The number of hydrogen-bond acceptors (Lipinski definition) is 3. The highest BCUT2D eigenvalue weighted by Gasteiger charge is 1.95. The Hall–Kier alpha value is -1.71. The van der Waals surface area contributed by atoms with Gasteiger partial charge in [-0.15, -0.1) is 4.91 Å². The van der Waals surface area contributed by atoms with E-state index in [1.807, 2.05) is 0 Å². The third-order valence-electron chi connectivity index (χ3n) is 1.28. The second-order valence-electron chi connectivity index (χ2n) is 2.05. The van der Waals surface area contributed by atoms with Gasteiger partial charge < -0.3 is 5.73 Å². The lowest BCUT2D eigenvalue weighted by atomic mass is 10.2. The minimum absolute atomic E-state index is 0.0116. The molecule has 0 saturated carbocycles. The van der Waals surface area contributed by atoms with Crippen LogP contribution in [0.4, 0.5) is 5.69 Å². The lowest BCUT2D eigenvalue weighted by molar-refractivity contribution is 1.41. The Morgan fingerprint density at radius 2 is 1.91 bits per heavy atom. The molecule has 0 fully saturated rings. The lowest BCUT2D eigenvalue weighted by Crippen LogP contribution is -2.10. The number of hydrogen-bond donors (Lipinski definition) is 2. The van der Waals surface area contributed by atoms with Gasteiger partial charge in [-0.2, -0.15) is 0 Å². The van der Waals surface area contributed by atoms with Gasteiger partial charge in [-0.1, -0.05) is 0 Å². The Morgan fingerprint density at radius 1 is 1.36 bits per heavy atom. The molecular weight excluding hydrogens is 142 g/mol. The molecule has 1 aromatic carbocycles. The normalized spacial score (nSPS) is 9.09. The monoisotopic (exact) mass is 149 g/mol. The van der Waals surface area contributed by atoms with Gasteiger partial charge in [0.1, 0.15) is 11.5 Å². The van der Waals surface area contributed by atoms with Crippen molar-refractivity contribution in [3.63, 3.8) is 0 Å². The molecule has 0 amide bonds. The number of nitrogens with two attached hydrogens (primary N) is 1. The SMILES string of the molecule is N=C(N)c1ccc(N=O)cc1. The summed E-state index contributed by atoms with van der Waals surface area (Å²) in [7, 11) is 0. The van der Waals surface area contributed by atoms with E-state index in [1.54, 1.807) is 12.1 Å². The Balaban J connectivity index is 3.00. The minimum Gasteiger partial charge on any atom is -0.384 e. The number of nitrogens with zero attached hydrogens (tertiary/aromatic N) is 1. The van der Waals surface area contributed by atoms with Crippen LogP contribution in [-0.4, -0.2) is 5.84 Å². The van der Waals surface area contributed by atoms with Crippen LogP contribution < -0.4 is 5.73 Å². The molecule has 0 bridgehead atoms. The molecule has 0 spiro atoms. The summed E-state index contributed by atoms with van der Waals surface area (Å²) in [5, 5.41) is 9.74. The van der Waals surface area contributed by atoms with Crippen LogP contribution in [0.3, 0.4) is 0 Å². The maximum atomic E-state index is 9.95. The van der Waals surface area contributed by atoms with E-state index < -0.39 is 0 Å². The smallest absolute Gasteiger partial charge is 0.122 e. The summed E-state index contributed by atoms with van der Waals surface area (Å²) in [6.07, 6.45) is 0. The van der Waals surface area contributed by atoms with Crippen molar-refractivity contribution >= 4 is 11.5 Å². The van der Waals surface area contributed by atoms with Gasteiger partial charge in [-0.05, 0) is 29.4 Å². The van der Waals surface area contributed by atoms with Crippen LogP contribution in [0.2, 0.25) is 0 Å². The summed E-state index contributed by atoms with van der Waals surface area (Å²) in [5.41, 5.74) is 6.12. The van der Waals surface area contributed by atoms with Crippen LogP contribution in [0, 0.1) is 10.3 Å². The summed E-state index contributed by atoms with van der Waals surface area (Å²) in [4.78, 5) is 9.95. The molecule has 0 unspecified atom stereocenters. The molecule has 0 aliphatic rings. The molecule has 1 aromatic rings. The quantitative estimate of drug-likeness (QED) is 0.378. The topological polar surface area (TPSA) is 79.3 Å². The highest BCUT2D eigenvalue weighted by Crippen LogP contribution is 2.11. The van der Waals surface area contributed by atoms with E-state index in [-0.39, 0.29) is 5.84 Å². The van der Waals surface area contributed by atoms with E-state index in [1.165, 1.54) is 12.1 Å². The molecular formula is C7H7N3O. The molecule has 0 radical (unpaired) electrons. The molecule has 0 aliphatic heterocycles. The van der Waals surface area contributed by atoms with E-state index in [9.17, 15) is 4.91 Å². The van der Waals surface area contributed by atoms with Crippen molar-refractivity contribution in [1.82, 2.24) is 0 Å². The van der Waals surface area contributed by atoms with Gasteiger partial charge in [0.2, 0.25) is 0 Å². The second kappa shape index (κ2) is 2.92. The number of nitrogens with one attached hydrogen (secondary N) is 1. The number of benzene rings is 1. The molecule has 3 N–H and O–H groups in total. The van der Waals surface area contributed by atoms with E-state index in [2.05, 4.69) is 5.18 Å². The van der Waals surface area contributed by atoms with Gasteiger partial charge >= 0.3 is 0 Å². The fourth-order valence-corrected chi connectivity index (χ4v) is 0.702. The summed E-state index contributed by atoms with van der Waals surface area (Å²) in [5.74, 6) is -0.0116. The van der Waals surface area contributed by atoms with Gasteiger partial charge in [0.25, 0.3) is 0 Å². The first kappa shape index (κ1) is 7.40. The zero-order valence-electron chi connectivity index (χ0n) is 5.74. The predicted molar refractivity (Wildman–Crippen MR) is 42.9 cm³/mol. The zero-order valence-corrected chi connectivity index (χ0v) is 5.74. The summed E-state index contributed by atoms with van der Waals surface area (Å²) >= 11 is 0. The number of nitroso groups, excluding NO2 is 1. The maximum Gasteiger partial charge on any atom is 0.122 e. The van der Waals surface area contributed by atoms with Crippen molar-refractivity contribution in [1.29, 1.82) is 5.41 Å². The molecule has 4 nitrogen and oxygen atoms in total. The van der Waals surface area contributed by atoms with E-state index >= 15 is 0 Å². The summed E-state index contributed by atoms with van der Waals surface area (Å²) < 4.78 is 0. The average molecular weight is 149 g/mol. The summed E-state index contributed by atoms with van der Waals surface area (Å²) in [6, 6.07) is 6.20. The maximum absolute atomic E-state index is 9.95. The van der Waals surface area contributed by atoms with Gasteiger partial charge in [-0.25, -0.2) is 0 Å². The molecule has 0 saturated heterocycles. The van der Waals surface area contributed by atoms with Gasteiger partial charge in [-0.3, -0.25) is 5.41 Å². The fraction of sp³-hybridized carbons (Fsp3) is 0. The molecule has 0 atom stereocenters. The van der Waals surface area contributed by atoms with Crippen LogP contribution in [0.1, 0.15) is 5.56 Å². The first-order valence-corrected chi connectivity index (χ1v) is 3.02. The first-order chi connectivity index (χ1) is 5.24. The Kier molecular flexibility index (Phi) is 1.96. The predicted octanol–water partition coefficient (Wildman–Crippen LogP) is 1.37. The Morgan fingerprint density at radius 3 is 2.27 bits per heavy atom. The van der Waals surface area contributed by atoms with Crippen LogP contribution >= 0.6 is 0 Å². The minimum atomic E-state index is -0.0116. The highest BCUT2D eigenvalue weighted by molar-refractivity contribution is 5.95. The Bertz CT molecular complexity index is 278. The van der Waals surface area contributed by atoms with Gasteiger partial charge in [0.05, 0.1) is 0 Å². The van der Waals surface area contributed by atoms with Crippen molar-refractivity contribution in [2.24, 2.45) is 10.9 Å². The molecule has 4 heteroatoms. The average Bonchev–Trinajstić information content (AvgIpc) is 2.05. The lowest BCUT2D eigenvalue weighted by Gasteiger charge is -1.95. The highest BCUT2D eigenvalue weighted by atomic mass is 16.3. The van der Waals surface area contributed by atoms with E-state index in [0.717, 1.165) is 0 Å². The van der Waals surface area contributed by atoms with Gasteiger partial charge in [0.15, 0.2) is 0 Å². The molecule has 56 valence electrons. The van der Waals surface area contributed by atoms with Crippen molar-refractivity contribution in [3.8, 4) is 0 Å². The molecule has 11 heavy (non-hydrogen) atoms. The molecule has 0 heterocycles. The second-order valence-corrected chi connectivity index (χ2v) is 2.05. The van der Waals surface area contributed by atoms with Crippen LogP contribution in [0.5, 0.6) is 0 Å².